The number of hydrogen-bond donors (Lipinski definition) is 3. The van der Waals surface area contributed by atoms with Gasteiger partial charge < -0.3 is 16.4 Å². The number of aryl methyl sites for hydroxylation is 2. The van der Waals surface area contributed by atoms with Crippen molar-refractivity contribution in [1.29, 1.82) is 0 Å². The summed E-state index contributed by atoms with van der Waals surface area (Å²) < 4.78 is 0. The summed E-state index contributed by atoms with van der Waals surface area (Å²) in [5, 5.41) is 6.61. The molecule has 0 aliphatic carbocycles. The van der Waals surface area contributed by atoms with Crippen LogP contribution in [0.1, 0.15) is 31.2 Å². The Balaban J connectivity index is 2.10. The van der Waals surface area contributed by atoms with Gasteiger partial charge in [0.05, 0.1) is 10.3 Å². The van der Waals surface area contributed by atoms with Crippen molar-refractivity contribution < 1.29 is 9.59 Å². The molecular formula is C17H17N5O2S. The predicted octanol–water partition coefficient (Wildman–Crippen LogP) is 2.51. The van der Waals surface area contributed by atoms with Crippen LogP contribution in [0.4, 0.5) is 11.5 Å². The molecule has 3 rings (SSSR count). The van der Waals surface area contributed by atoms with Gasteiger partial charge in [0.1, 0.15) is 17.0 Å². The van der Waals surface area contributed by atoms with Crippen LogP contribution in [0.2, 0.25) is 0 Å². The topological polar surface area (TPSA) is 110 Å². The van der Waals surface area contributed by atoms with E-state index in [-0.39, 0.29) is 5.91 Å². The van der Waals surface area contributed by atoms with Crippen LogP contribution in [0, 0.1) is 13.8 Å². The highest BCUT2D eigenvalue weighted by Gasteiger charge is 2.18. The fourth-order valence-electron chi connectivity index (χ4n) is 2.57. The predicted molar refractivity (Wildman–Crippen MR) is 98.5 cm³/mol. The molecule has 0 atom stereocenters. The van der Waals surface area contributed by atoms with E-state index in [4.69, 9.17) is 5.73 Å². The summed E-state index contributed by atoms with van der Waals surface area (Å²) in [6.07, 6.45) is 1.43. The molecule has 0 saturated heterocycles. The Kier molecular flexibility index (Phi) is 4.37. The second-order valence-electron chi connectivity index (χ2n) is 5.56. The van der Waals surface area contributed by atoms with Crippen LogP contribution in [0.5, 0.6) is 0 Å². The number of primary amides is 1. The number of aromatic nitrogens is 2. The Hall–Kier alpha value is -3.00. The summed E-state index contributed by atoms with van der Waals surface area (Å²) in [6.45, 7) is 3.75. The first kappa shape index (κ1) is 16.8. The van der Waals surface area contributed by atoms with Crippen molar-refractivity contribution in [3.8, 4) is 0 Å². The number of anilines is 2. The molecule has 2 heterocycles. The van der Waals surface area contributed by atoms with Crippen molar-refractivity contribution in [2.45, 2.75) is 13.8 Å². The van der Waals surface area contributed by atoms with Gasteiger partial charge in [-0.2, -0.15) is 0 Å². The van der Waals surface area contributed by atoms with E-state index in [1.807, 2.05) is 19.9 Å². The second-order valence-corrected chi connectivity index (χ2v) is 6.56. The third-order valence-corrected chi connectivity index (χ3v) is 5.14. The van der Waals surface area contributed by atoms with Crippen molar-refractivity contribution in [1.82, 2.24) is 15.3 Å². The van der Waals surface area contributed by atoms with Crippen LogP contribution in [0.3, 0.4) is 0 Å². The number of carbonyl (C=O) groups is 2. The molecule has 4 N–H and O–H groups in total. The van der Waals surface area contributed by atoms with Gasteiger partial charge in [0.25, 0.3) is 11.8 Å². The summed E-state index contributed by atoms with van der Waals surface area (Å²) in [6, 6.07) is 5.38. The number of thiophene rings is 1. The number of nitrogens with two attached hydrogens (primary N) is 1. The quantitative estimate of drug-likeness (QED) is 0.666. The molecule has 0 spiro atoms. The number of nitrogens with zero attached hydrogens (tertiary/aromatic N) is 2. The van der Waals surface area contributed by atoms with Crippen molar-refractivity contribution in [3.05, 3.63) is 46.1 Å². The Morgan fingerprint density at radius 1 is 1.20 bits per heavy atom. The number of amides is 2. The van der Waals surface area contributed by atoms with E-state index in [1.54, 1.807) is 19.2 Å². The van der Waals surface area contributed by atoms with Gasteiger partial charge in [0, 0.05) is 18.3 Å². The molecule has 25 heavy (non-hydrogen) atoms. The molecule has 0 unspecified atom stereocenters. The molecule has 7 nitrogen and oxygen atoms in total. The maximum absolute atomic E-state index is 11.9. The molecule has 0 fully saturated rings. The second kappa shape index (κ2) is 6.48. The highest BCUT2D eigenvalue weighted by molar-refractivity contribution is 7.20. The summed E-state index contributed by atoms with van der Waals surface area (Å²) in [4.78, 5) is 33.1. The lowest BCUT2D eigenvalue weighted by atomic mass is 10.1. The maximum atomic E-state index is 11.9. The summed E-state index contributed by atoms with van der Waals surface area (Å²) >= 11 is 1.24. The summed E-state index contributed by atoms with van der Waals surface area (Å²) in [5.74, 6) is -0.0775. The van der Waals surface area contributed by atoms with Gasteiger partial charge >= 0.3 is 0 Å². The van der Waals surface area contributed by atoms with Gasteiger partial charge in [-0.05, 0) is 37.1 Å². The lowest BCUT2D eigenvalue weighted by molar-refractivity contribution is 0.0961. The van der Waals surface area contributed by atoms with Crippen LogP contribution in [0.15, 0.2) is 24.5 Å². The normalized spacial score (nSPS) is 10.7. The zero-order chi connectivity index (χ0) is 18.1. The lowest BCUT2D eigenvalue weighted by Gasteiger charge is -2.11. The molecule has 0 aliphatic rings. The average molecular weight is 355 g/mol. The van der Waals surface area contributed by atoms with Crippen LogP contribution < -0.4 is 16.4 Å². The van der Waals surface area contributed by atoms with E-state index in [0.29, 0.717) is 21.1 Å². The third kappa shape index (κ3) is 3.03. The van der Waals surface area contributed by atoms with Gasteiger partial charge in [0.15, 0.2) is 0 Å². The van der Waals surface area contributed by atoms with Crippen LogP contribution in [0.25, 0.3) is 10.2 Å². The molecule has 0 radical (unpaired) electrons. The van der Waals surface area contributed by atoms with Crippen LogP contribution >= 0.6 is 11.3 Å². The van der Waals surface area contributed by atoms with Crippen molar-refractivity contribution in [3.63, 3.8) is 0 Å². The zero-order valence-electron chi connectivity index (χ0n) is 14.0. The molecule has 2 aromatic heterocycles. The van der Waals surface area contributed by atoms with E-state index in [9.17, 15) is 9.59 Å². The van der Waals surface area contributed by atoms with E-state index in [0.717, 1.165) is 22.2 Å². The van der Waals surface area contributed by atoms with Gasteiger partial charge in [-0.3, -0.25) is 9.59 Å². The SMILES string of the molecule is CNC(=O)c1ccc(C)c(Nc2ncnc3sc(C(N)=O)c(C)c23)c1. The molecule has 0 bridgehead atoms. The molecule has 0 saturated carbocycles. The molecule has 8 heteroatoms. The maximum Gasteiger partial charge on any atom is 0.259 e. The number of rotatable bonds is 4. The average Bonchev–Trinajstić information content (AvgIpc) is 2.94. The fraction of sp³-hybridized carbons (Fsp3) is 0.176. The molecular weight excluding hydrogens is 338 g/mol. The first-order valence-corrected chi connectivity index (χ1v) is 8.37. The van der Waals surface area contributed by atoms with E-state index < -0.39 is 5.91 Å². The van der Waals surface area contributed by atoms with Gasteiger partial charge in [-0.1, -0.05) is 6.07 Å². The van der Waals surface area contributed by atoms with E-state index in [2.05, 4.69) is 20.6 Å². The van der Waals surface area contributed by atoms with Gasteiger partial charge in [-0.25, -0.2) is 9.97 Å². The highest BCUT2D eigenvalue weighted by Crippen LogP contribution is 2.34. The molecule has 2 amide bonds. The molecule has 128 valence electrons. The number of fused-ring (bicyclic) bond motifs is 1. The minimum absolute atomic E-state index is 0.168. The first-order valence-electron chi connectivity index (χ1n) is 7.56. The fourth-order valence-corrected chi connectivity index (χ4v) is 3.57. The molecule has 3 aromatic rings. The van der Waals surface area contributed by atoms with Crippen LogP contribution in [-0.4, -0.2) is 28.8 Å². The minimum Gasteiger partial charge on any atom is -0.365 e. The molecule has 1 aromatic carbocycles. The third-order valence-electron chi connectivity index (χ3n) is 3.93. The Morgan fingerprint density at radius 2 is 1.96 bits per heavy atom. The number of carbonyl (C=O) groups excluding carboxylic acids is 2. The number of hydrogen-bond acceptors (Lipinski definition) is 6. The van der Waals surface area contributed by atoms with E-state index >= 15 is 0 Å². The first-order chi connectivity index (χ1) is 11.9. The van der Waals surface area contributed by atoms with Gasteiger partial charge in [0.2, 0.25) is 0 Å². The Labute approximate surface area is 148 Å². The smallest absolute Gasteiger partial charge is 0.259 e. The Morgan fingerprint density at radius 3 is 2.64 bits per heavy atom. The van der Waals surface area contributed by atoms with Crippen molar-refractivity contribution in [2.24, 2.45) is 5.73 Å². The van der Waals surface area contributed by atoms with Crippen LogP contribution in [-0.2, 0) is 0 Å². The largest absolute Gasteiger partial charge is 0.365 e. The highest BCUT2D eigenvalue weighted by atomic mass is 32.1. The zero-order valence-corrected chi connectivity index (χ0v) is 14.8. The summed E-state index contributed by atoms with van der Waals surface area (Å²) in [5.41, 5.74) is 8.44. The van der Waals surface area contributed by atoms with Crippen molar-refractivity contribution >= 4 is 44.9 Å². The molecule has 0 aliphatic heterocycles. The lowest BCUT2D eigenvalue weighted by Crippen LogP contribution is -2.17. The summed E-state index contributed by atoms with van der Waals surface area (Å²) in [7, 11) is 1.59. The minimum atomic E-state index is -0.482. The van der Waals surface area contributed by atoms with E-state index in [1.165, 1.54) is 17.7 Å². The standard InChI is InChI=1S/C17H17N5O2S/c1-8-4-5-10(16(24)19-3)6-11(8)22-15-12-9(2)13(14(18)23)25-17(12)21-7-20-15/h4-7H,1-3H3,(H2,18,23)(H,19,24)(H,20,21,22). The number of nitrogens with one attached hydrogen (secondary N) is 2. The monoisotopic (exact) mass is 355 g/mol. The van der Waals surface area contributed by atoms with Crippen molar-refractivity contribution in [2.75, 3.05) is 12.4 Å². The Bertz CT molecular complexity index is 996. The van der Waals surface area contributed by atoms with Gasteiger partial charge in [-0.15, -0.1) is 11.3 Å². The number of benzene rings is 1.